The molecule has 9 nitrogen and oxygen atoms in total. The van der Waals surface area contributed by atoms with Gasteiger partial charge in [0.25, 0.3) is 11.6 Å². The third kappa shape index (κ3) is 3.55. The molecule has 9 heteroatoms. The highest BCUT2D eigenvalue weighted by Crippen LogP contribution is 2.41. The third-order valence-electron chi connectivity index (χ3n) is 6.38. The minimum Gasteiger partial charge on any atom is -0.858 e. The summed E-state index contributed by atoms with van der Waals surface area (Å²) in [6.45, 7) is 3.81. The van der Waals surface area contributed by atoms with Crippen LogP contribution in [0.4, 0.5) is 5.69 Å². The molecular formula is C28H22N4O5. The minimum atomic E-state index is -0.604. The van der Waals surface area contributed by atoms with Crippen molar-refractivity contribution in [3.05, 3.63) is 89.9 Å². The number of nitrogens with zero attached hydrogens (tertiary/aromatic N) is 4. The maximum absolute atomic E-state index is 14.0. The van der Waals surface area contributed by atoms with Crippen molar-refractivity contribution in [1.82, 2.24) is 9.78 Å². The van der Waals surface area contributed by atoms with Crippen molar-refractivity contribution in [3.8, 4) is 23.1 Å². The Labute approximate surface area is 212 Å². The maximum atomic E-state index is 14.0. The van der Waals surface area contributed by atoms with Crippen LogP contribution in [-0.2, 0) is 16.0 Å². The minimum absolute atomic E-state index is 0.0160. The molecule has 37 heavy (non-hydrogen) atoms. The van der Waals surface area contributed by atoms with Crippen molar-refractivity contribution in [2.24, 2.45) is 0 Å². The number of amides is 2. The Morgan fingerprint density at radius 2 is 1.76 bits per heavy atom. The molecule has 0 saturated carbocycles. The van der Waals surface area contributed by atoms with Crippen LogP contribution in [0.3, 0.4) is 0 Å². The van der Waals surface area contributed by atoms with Crippen molar-refractivity contribution in [3.63, 3.8) is 0 Å². The number of hydrogen-bond acceptors (Lipinski definition) is 6. The van der Waals surface area contributed by atoms with E-state index >= 15 is 0 Å². The predicted octanol–water partition coefficient (Wildman–Crippen LogP) is 2.77. The largest absolute Gasteiger partial charge is 0.858 e. The fourth-order valence-corrected chi connectivity index (χ4v) is 4.66. The van der Waals surface area contributed by atoms with E-state index in [1.165, 1.54) is 4.68 Å². The van der Waals surface area contributed by atoms with Gasteiger partial charge in [0.05, 0.1) is 17.1 Å². The van der Waals surface area contributed by atoms with Crippen molar-refractivity contribution < 1.29 is 28.7 Å². The highest BCUT2D eigenvalue weighted by molar-refractivity contribution is 6.53. The fourth-order valence-electron chi connectivity index (χ4n) is 4.66. The van der Waals surface area contributed by atoms with Crippen molar-refractivity contribution in [2.45, 2.75) is 20.3 Å². The molecule has 2 aliphatic heterocycles. The van der Waals surface area contributed by atoms with Crippen LogP contribution in [0.25, 0.3) is 17.0 Å². The number of carbonyl (C=O) groups excluding carboxylic acids is 2. The molecule has 2 amide bonds. The van der Waals surface area contributed by atoms with Gasteiger partial charge >= 0.3 is 5.91 Å². The zero-order valence-electron chi connectivity index (χ0n) is 20.2. The van der Waals surface area contributed by atoms with Crippen LogP contribution >= 0.6 is 0 Å². The number of fused-ring (bicyclic) bond motifs is 1. The monoisotopic (exact) mass is 494 g/mol. The van der Waals surface area contributed by atoms with Crippen LogP contribution in [0, 0.1) is 6.92 Å². The van der Waals surface area contributed by atoms with Gasteiger partial charge in [0.2, 0.25) is 6.79 Å². The lowest BCUT2D eigenvalue weighted by molar-refractivity contribution is -0.577. The lowest BCUT2D eigenvalue weighted by Gasteiger charge is -2.16. The molecule has 0 unspecified atom stereocenters. The number of carbonyl (C=O) groups is 2. The summed E-state index contributed by atoms with van der Waals surface area (Å²) in [4.78, 5) is 29.0. The van der Waals surface area contributed by atoms with Gasteiger partial charge in [0.15, 0.2) is 23.9 Å². The lowest BCUT2D eigenvalue weighted by Crippen LogP contribution is -2.39. The number of anilines is 1. The first-order valence-corrected chi connectivity index (χ1v) is 11.8. The van der Waals surface area contributed by atoms with Gasteiger partial charge in [-0.3, -0.25) is 9.59 Å². The van der Waals surface area contributed by atoms with Crippen molar-refractivity contribution in [2.75, 3.05) is 11.7 Å². The second-order valence-corrected chi connectivity index (χ2v) is 8.72. The normalized spacial score (nSPS) is 14.7. The van der Waals surface area contributed by atoms with Gasteiger partial charge in [-0.2, -0.15) is 9.67 Å². The van der Waals surface area contributed by atoms with Crippen LogP contribution in [0.5, 0.6) is 17.4 Å². The van der Waals surface area contributed by atoms with Gasteiger partial charge in [0.1, 0.15) is 5.57 Å². The number of pyridine rings is 1. The molecule has 0 N–H and O–H groups in total. The predicted molar refractivity (Wildman–Crippen MR) is 132 cm³/mol. The number of hydrogen-bond donors (Lipinski definition) is 0. The smallest absolute Gasteiger partial charge is 0.331 e. The molecule has 2 aliphatic rings. The molecule has 6 rings (SSSR count). The zero-order chi connectivity index (χ0) is 25.7. The van der Waals surface area contributed by atoms with E-state index in [1.807, 2.05) is 26.0 Å². The molecule has 184 valence electrons. The van der Waals surface area contributed by atoms with Crippen molar-refractivity contribution >= 4 is 28.8 Å². The van der Waals surface area contributed by atoms with E-state index in [4.69, 9.17) is 9.47 Å². The number of rotatable bonds is 5. The maximum Gasteiger partial charge on any atom is 0.331 e. The van der Waals surface area contributed by atoms with Crippen LogP contribution in [0.2, 0.25) is 0 Å². The number of aromatic nitrogens is 3. The van der Waals surface area contributed by atoms with E-state index in [0.717, 1.165) is 10.5 Å². The molecule has 2 aromatic carbocycles. The summed E-state index contributed by atoms with van der Waals surface area (Å²) >= 11 is 0. The Balaban J connectivity index is 1.58. The number of benzene rings is 2. The number of ether oxygens (including phenoxy) is 2. The van der Waals surface area contributed by atoms with Crippen molar-refractivity contribution in [1.29, 1.82) is 0 Å². The quantitative estimate of drug-likeness (QED) is 0.312. The molecule has 0 bridgehead atoms. The summed E-state index contributed by atoms with van der Waals surface area (Å²) in [6.07, 6.45) is 3.83. The molecule has 0 radical (unpaired) electrons. The lowest BCUT2D eigenvalue weighted by atomic mass is 10.0. The highest BCUT2D eigenvalue weighted by Gasteiger charge is 2.47. The van der Waals surface area contributed by atoms with Crippen LogP contribution in [0.1, 0.15) is 23.7 Å². The van der Waals surface area contributed by atoms with E-state index in [-0.39, 0.29) is 23.6 Å². The summed E-state index contributed by atoms with van der Waals surface area (Å²) in [5, 5.41) is 18.3. The standard InChI is InChI=1S/C28H22N4O5/c1-3-20-23(27(34)32(29-20)18-9-5-4-6-10-18)24-25(30-13-7-8-17(2)15-30)28(35)31(26(24)33)19-11-12-21-22(14-19)37-16-36-21/h4-15H,3,16H2,1-2H3. The Bertz CT molecular complexity index is 1610. The number of imide groups is 1. The number of aryl methyl sites for hydroxylation is 2. The van der Waals surface area contributed by atoms with Crippen LogP contribution < -0.4 is 24.0 Å². The first kappa shape index (κ1) is 22.5. The molecule has 0 aliphatic carbocycles. The molecule has 4 aromatic rings. The van der Waals surface area contributed by atoms with Gasteiger partial charge in [-0.05, 0) is 49.6 Å². The Morgan fingerprint density at radius 3 is 2.51 bits per heavy atom. The van der Waals surface area contributed by atoms with E-state index in [9.17, 15) is 14.7 Å². The third-order valence-corrected chi connectivity index (χ3v) is 6.38. The van der Waals surface area contributed by atoms with E-state index in [0.29, 0.717) is 35.0 Å². The van der Waals surface area contributed by atoms with Gasteiger partial charge in [-0.15, -0.1) is 0 Å². The fraction of sp³-hybridized carbons (Fsp3) is 0.143. The first-order chi connectivity index (χ1) is 18.0. The second-order valence-electron chi connectivity index (χ2n) is 8.72. The van der Waals surface area contributed by atoms with Gasteiger partial charge in [-0.1, -0.05) is 25.1 Å². The summed E-state index contributed by atoms with van der Waals surface area (Å²) < 4.78 is 13.7. The molecule has 0 fully saturated rings. The van der Waals surface area contributed by atoms with Gasteiger partial charge < -0.3 is 14.6 Å². The topological polar surface area (TPSA) is 101 Å². The summed E-state index contributed by atoms with van der Waals surface area (Å²) in [7, 11) is 0. The second kappa shape index (κ2) is 8.63. The molecule has 0 saturated heterocycles. The summed E-state index contributed by atoms with van der Waals surface area (Å²) in [5.41, 5.74) is 2.44. The van der Waals surface area contributed by atoms with E-state index in [2.05, 4.69) is 5.10 Å². The molecule has 2 aromatic heterocycles. The summed E-state index contributed by atoms with van der Waals surface area (Å²) in [6, 6.07) is 17.5. The van der Waals surface area contributed by atoms with E-state index in [1.54, 1.807) is 65.5 Å². The van der Waals surface area contributed by atoms with E-state index < -0.39 is 17.7 Å². The average molecular weight is 495 g/mol. The highest BCUT2D eigenvalue weighted by atomic mass is 16.7. The molecular weight excluding hydrogens is 472 g/mol. The SMILES string of the molecule is CCc1nn(-c2ccccc2)c([O-])c1C1=C([n+]2cccc(C)c2)C(=O)N(c2ccc3c(c2)OCO3)C1=O. The Hall–Kier alpha value is -4.92. The molecule has 0 atom stereocenters. The zero-order valence-corrected chi connectivity index (χ0v) is 20.2. The number of para-hydroxylation sites is 1. The molecule has 0 spiro atoms. The Kier molecular flexibility index (Phi) is 5.26. The summed E-state index contributed by atoms with van der Waals surface area (Å²) in [5.74, 6) is -0.649. The average Bonchev–Trinajstić information content (AvgIpc) is 3.57. The van der Waals surface area contributed by atoms with Gasteiger partial charge in [0, 0.05) is 23.3 Å². The van der Waals surface area contributed by atoms with Crippen LogP contribution in [-0.4, -0.2) is 28.4 Å². The van der Waals surface area contributed by atoms with Gasteiger partial charge in [-0.25, -0.2) is 9.58 Å². The first-order valence-electron chi connectivity index (χ1n) is 11.8. The Morgan fingerprint density at radius 1 is 0.973 bits per heavy atom. The molecule has 4 heterocycles. The van der Waals surface area contributed by atoms with Crippen LogP contribution in [0.15, 0.2) is 73.1 Å².